The molecule has 0 aromatic heterocycles. The largest absolute Gasteiger partial charge is 0.497 e. The van der Waals surface area contributed by atoms with Gasteiger partial charge in [0.25, 0.3) is 0 Å². The van der Waals surface area contributed by atoms with Gasteiger partial charge in [0.1, 0.15) is 5.75 Å². The zero-order valence-corrected chi connectivity index (χ0v) is 18.5. The summed E-state index contributed by atoms with van der Waals surface area (Å²) in [6.07, 6.45) is 0. The molecule has 0 aliphatic carbocycles. The second kappa shape index (κ2) is 9.04. The van der Waals surface area contributed by atoms with E-state index in [0.29, 0.717) is 29.3 Å². The summed E-state index contributed by atoms with van der Waals surface area (Å²) in [5.74, 6) is 2.19. The van der Waals surface area contributed by atoms with Gasteiger partial charge in [-0.1, -0.05) is 30.3 Å². The third-order valence-corrected chi connectivity index (χ3v) is 7.92. The van der Waals surface area contributed by atoms with Crippen molar-refractivity contribution < 1.29 is 13.2 Å². The normalized spacial score (nSPS) is 24.8. The van der Waals surface area contributed by atoms with Gasteiger partial charge in [-0.25, -0.2) is 8.42 Å². The molecule has 7 heteroatoms. The molecular formula is C22H29ClN2O3S. The highest BCUT2D eigenvalue weighted by molar-refractivity contribution is 7.91. The van der Waals surface area contributed by atoms with E-state index in [0.717, 1.165) is 25.4 Å². The van der Waals surface area contributed by atoms with Gasteiger partial charge >= 0.3 is 0 Å². The van der Waals surface area contributed by atoms with Crippen LogP contribution in [0.2, 0.25) is 0 Å². The van der Waals surface area contributed by atoms with Crippen LogP contribution in [0.4, 0.5) is 0 Å². The van der Waals surface area contributed by atoms with E-state index >= 15 is 0 Å². The standard InChI is InChI=1S/C22H28N2O3S.ClH/c1-23-14-18-15-24(12-13-28(25,26)20-6-4-3-5-7-20)16-21(18)22(23)17-8-10-19(27-2)11-9-17;/h3-11,18,21-22H,12-16H2,1-2H3;1H/t18-,21+,22+;/m0./s1. The highest BCUT2D eigenvalue weighted by Gasteiger charge is 2.46. The number of benzene rings is 2. The Labute approximate surface area is 180 Å². The molecule has 2 aromatic carbocycles. The molecule has 5 nitrogen and oxygen atoms in total. The lowest BCUT2D eigenvalue weighted by Crippen LogP contribution is -2.32. The Morgan fingerprint density at radius 1 is 1.00 bits per heavy atom. The van der Waals surface area contributed by atoms with E-state index in [1.54, 1.807) is 31.4 Å². The van der Waals surface area contributed by atoms with Crippen LogP contribution in [-0.2, 0) is 9.84 Å². The number of hydrogen-bond acceptors (Lipinski definition) is 5. The Hall–Kier alpha value is -1.60. The lowest BCUT2D eigenvalue weighted by molar-refractivity contribution is 0.233. The van der Waals surface area contributed by atoms with E-state index in [9.17, 15) is 8.42 Å². The summed E-state index contributed by atoms with van der Waals surface area (Å²) in [6, 6.07) is 17.5. The van der Waals surface area contributed by atoms with Gasteiger partial charge < -0.3 is 9.64 Å². The molecule has 3 atom stereocenters. The number of sulfone groups is 1. The van der Waals surface area contributed by atoms with Crippen molar-refractivity contribution in [3.8, 4) is 5.75 Å². The monoisotopic (exact) mass is 436 g/mol. The lowest BCUT2D eigenvalue weighted by Gasteiger charge is -2.27. The van der Waals surface area contributed by atoms with E-state index in [4.69, 9.17) is 4.74 Å². The molecule has 2 aliphatic rings. The minimum atomic E-state index is -3.22. The first kappa shape index (κ1) is 22.1. The van der Waals surface area contributed by atoms with Crippen molar-refractivity contribution >= 4 is 22.2 Å². The van der Waals surface area contributed by atoms with E-state index < -0.39 is 9.84 Å². The zero-order chi connectivity index (χ0) is 19.7. The van der Waals surface area contributed by atoms with Gasteiger partial charge in [0.05, 0.1) is 17.8 Å². The predicted octanol–water partition coefficient (Wildman–Crippen LogP) is 3.13. The smallest absolute Gasteiger partial charge is 0.179 e. The summed E-state index contributed by atoms with van der Waals surface area (Å²) in [4.78, 5) is 5.19. The molecule has 158 valence electrons. The Balaban J connectivity index is 0.00000240. The molecule has 2 aromatic rings. The number of methoxy groups -OCH3 is 1. The molecule has 0 spiro atoms. The van der Waals surface area contributed by atoms with E-state index in [-0.39, 0.29) is 18.2 Å². The summed E-state index contributed by atoms with van der Waals surface area (Å²) in [7, 11) is 0.656. The number of nitrogens with zero attached hydrogens (tertiary/aromatic N) is 2. The molecular weight excluding hydrogens is 408 g/mol. The second-order valence-electron chi connectivity index (χ2n) is 7.97. The summed E-state index contributed by atoms with van der Waals surface area (Å²) < 4.78 is 30.5. The van der Waals surface area contributed by atoms with Crippen LogP contribution in [0, 0.1) is 11.8 Å². The fraction of sp³-hybridized carbons (Fsp3) is 0.455. The van der Waals surface area contributed by atoms with Crippen molar-refractivity contribution in [2.45, 2.75) is 10.9 Å². The van der Waals surface area contributed by atoms with Crippen LogP contribution in [0.3, 0.4) is 0 Å². The molecule has 0 saturated carbocycles. The molecule has 2 fully saturated rings. The van der Waals surface area contributed by atoms with Gasteiger partial charge in [-0.15, -0.1) is 12.4 Å². The summed E-state index contributed by atoms with van der Waals surface area (Å²) in [5, 5.41) is 0. The third kappa shape index (κ3) is 4.61. The number of hydrogen-bond donors (Lipinski definition) is 0. The first-order valence-corrected chi connectivity index (χ1v) is 11.5. The second-order valence-corrected chi connectivity index (χ2v) is 10.1. The molecule has 2 aliphatic heterocycles. The molecule has 4 rings (SSSR count). The average molecular weight is 437 g/mol. The fourth-order valence-corrected chi connectivity index (χ4v) is 6.14. The maximum atomic E-state index is 12.6. The third-order valence-electron chi connectivity index (χ3n) is 6.21. The van der Waals surface area contributed by atoms with Crippen LogP contribution in [0.25, 0.3) is 0 Å². The van der Waals surface area contributed by atoms with Gasteiger partial charge in [-0.3, -0.25) is 4.90 Å². The number of rotatable bonds is 6. The SMILES string of the molecule is COc1ccc([C@@H]2[C@@H]3CN(CCS(=O)(=O)c4ccccc4)C[C@@H]3CN2C)cc1.Cl. The van der Waals surface area contributed by atoms with Crippen LogP contribution in [0.1, 0.15) is 11.6 Å². The molecule has 0 radical (unpaired) electrons. The summed E-state index contributed by atoms with van der Waals surface area (Å²) in [6.45, 7) is 3.59. The minimum Gasteiger partial charge on any atom is -0.497 e. The Morgan fingerprint density at radius 2 is 1.69 bits per heavy atom. The van der Waals surface area contributed by atoms with Gasteiger partial charge in [-0.05, 0) is 48.7 Å². The lowest BCUT2D eigenvalue weighted by atomic mass is 9.89. The van der Waals surface area contributed by atoms with Crippen LogP contribution in [0.15, 0.2) is 59.5 Å². The van der Waals surface area contributed by atoms with Crippen molar-refractivity contribution in [3.63, 3.8) is 0 Å². The van der Waals surface area contributed by atoms with E-state index in [2.05, 4.69) is 29.0 Å². The number of fused-ring (bicyclic) bond motifs is 1. The van der Waals surface area contributed by atoms with Crippen LogP contribution >= 0.6 is 12.4 Å². The first-order valence-electron chi connectivity index (χ1n) is 9.82. The van der Waals surface area contributed by atoms with Crippen LogP contribution in [0.5, 0.6) is 5.75 Å². The van der Waals surface area contributed by atoms with Gasteiger partial charge in [0.15, 0.2) is 9.84 Å². The van der Waals surface area contributed by atoms with Gasteiger partial charge in [0.2, 0.25) is 0 Å². The number of likely N-dealkylation sites (tertiary alicyclic amines) is 2. The molecule has 0 bridgehead atoms. The van der Waals surface area contributed by atoms with Gasteiger partial charge in [0, 0.05) is 32.2 Å². The fourth-order valence-electron chi connectivity index (χ4n) is 4.83. The Bertz CT molecular complexity index is 905. The van der Waals surface area contributed by atoms with E-state index in [1.165, 1.54) is 5.56 Å². The van der Waals surface area contributed by atoms with Gasteiger partial charge in [-0.2, -0.15) is 0 Å². The molecule has 0 N–H and O–H groups in total. The predicted molar refractivity (Wildman–Crippen MR) is 118 cm³/mol. The quantitative estimate of drug-likeness (QED) is 0.696. The maximum absolute atomic E-state index is 12.6. The average Bonchev–Trinajstić information content (AvgIpc) is 3.23. The molecule has 0 unspecified atom stereocenters. The number of halogens is 1. The highest BCUT2D eigenvalue weighted by atomic mass is 35.5. The Kier molecular flexibility index (Phi) is 6.89. The van der Waals surface area contributed by atoms with Crippen LogP contribution < -0.4 is 4.74 Å². The summed E-state index contributed by atoms with van der Waals surface area (Å²) >= 11 is 0. The Morgan fingerprint density at radius 3 is 2.34 bits per heavy atom. The van der Waals surface area contributed by atoms with Crippen molar-refractivity contribution in [1.29, 1.82) is 0 Å². The topological polar surface area (TPSA) is 49.9 Å². The minimum absolute atomic E-state index is 0. The number of ether oxygens (including phenoxy) is 1. The molecule has 0 amide bonds. The van der Waals surface area contributed by atoms with Crippen molar-refractivity contribution in [2.75, 3.05) is 46.1 Å². The van der Waals surface area contributed by atoms with Crippen molar-refractivity contribution in [1.82, 2.24) is 9.80 Å². The first-order chi connectivity index (χ1) is 13.5. The maximum Gasteiger partial charge on any atom is 0.179 e. The molecule has 2 heterocycles. The van der Waals surface area contributed by atoms with E-state index in [1.807, 2.05) is 18.2 Å². The summed E-state index contributed by atoms with van der Waals surface area (Å²) in [5.41, 5.74) is 1.31. The van der Waals surface area contributed by atoms with Crippen molar-refractivity contribution in [2.24, 2.45) is 11.8 Å². The zero-order valence-electron chi connectivity index (χ0n) is 16.9. The molecule has 2 saturated heterocycles. The van der Waals surface area contributed by atoms with Crippen molar-refractivity contribution in [3.05, 3.63) is 60.2 Å². The highest BCUT2D eigenvalue weighted by Crippen LogP contribution is 2.44. The van der Waals surface area contributed by atoms with Crippen LogP contribution in [-0.4, -0.2) is 64.3 Å². The molecule has 29 heavy (non-hydrogen) atoms.